The molecule has 0 radical (unpaired) electrons. The molecule has 0 saturated carbocycles. The van der Waals surface area contributed by atoms with Crippen LogP contribution in [0.1, 0.15) is 17.5 Å². The summed E-state index contributed by atoms with van der Waals surface area (Å²) < 4.78 is 60.0. The topological polar surface area (TPSA) is 86.5 Å². The van der Waals surface area contributed by atoms with E-state index >= 15 is 0 Å². The summed E-state index contributed by atoms with van der Waals surface area (Å²) in [5, 5.41) is 8.03. The van der Waals surface area contributed by atoms with Crippen LogP contribution in [0.2, 0.25) is 5.02 Å². The Hall–Kier alpha value is -3.30. The number of benzene rings is 1. The van der Waals surface area contributed by atoms with E-state index in [0.29, 0.717) is 21.4 Å². The first kappa shape index (κ1) is 24.8. The summed E-state index contributed by atoms with van der Waals surface area (Å²) in [7, 11) is 1.27. The molecule has 3 heterocycles. The zero-order chi connectivity index (χ0) is 25.5. The van der Waals surface area contributed by atoms with Crippen molar-refractivity contribution in [1.29, 1.82) is 5.26 Å². The van der Waals surface area contributed by atoms with E-state index in [1.165, 1.54) is 13.2 Å². The molecule has 2 aliphatic heterocycles. The minimum absolute atomic E-state index is 0.0199. The van der Waals surface area contributed by atoms with Crippen LogP contribution in [0.15, 0.2) is 36.7 Å². The highest BCUT2D eigenvalue weighted by Crippen LogP contribution is 2.48. The zero-order valence-electron chi connectivity index (χ0n) is 17.8. The Morgan fingerprint density at radius 3 is 2.71 bits per heavy atom. The third-order valence-corrected chi connectivity index (χ3v) is 7.12. The number of ether oxygens (including phenoxy) is 1. The monoisotopic (exact) mass is 526 g/mol. The molecule has 3 amide bonds. The fourth-order valence-electron chi connectivity index (χ4n) is 3.88. The highest BCUT2D eigenvalue weighted by Gasteiger charge is 2.51. The van der Waals surface area contributed by atoms with E-state index in [4.69, 9.17) is 21.6 Å². The number of thioether (sulfide) groups is 1. The molecule has 4 rings (SSSR count). The minimum atomic E-state index is -4.85. The maximum absolute atomic E-state index is 14.0. The van der Waals surface area contributed by atoms with Crippen LogP contribution < -0.4 is 9.64 Å². The Labute approximate surface area is 205 Å². The Bertz CT molecular complexity index is 1280. The summed E-state index contributed by atoms with van der Waals surface area (Å²) >= 11 is 7.19. The Morgan fingerprint density at radius 1 is 1.31 bits per heavy atom. The molecule has 7 nitrogen and oxygen atoms in total. The standard InChI is InChI=1S/C22H15ClF4N4O3S/c1-34-17-7-11(13(23)8-14(17)24)18-9-15-19(35-18)20(32)31(21(33)30(15)6-2-4-28)16-10-29-5-3-12(16)22(25,26)27/h3,5,7-10,15,19H,2,6H2,1H3. The largest absolute Gasteiger partial charge is 0.494 e. The molecule has 0 bridgehead atoms. The van der Waals surface area contributed by atoms with E-state index in [-0.39, 0.29) is 23.7 Å². The number of hydrogen-bond donors (Lipinski definition) is 0. The number of nitrogens with zero attached hydrogens (tertiary/aromatic N) is 4. The molecule has 1 fully saturated rings. The number of amides is 3. The van der Waals surface area contributed by atoms with Crippen LogP contribution in [0, 0.1) is 17.1 Å². The molecular formula is C22H15ClF4N4O3S. The molecule has 35 heavy (non-hydrogen) atoms. The third kappa shape index (κ3) is 4.41. The van der Waals surface area contributed by atoms with Gasteiger partial charge in [0.15, 0.2) is 11.6 Å². The van der Waals surface area contributed by atoms with E-state index in [0.717, 1.165) is 35.1 Å². The number of fused-ring (bicyclic) bond motifs is 1. The average Bonchev–Trinajstić information content (AvgIpc) is 3.24. The van der Waals surface area contributed by atoms with Gasteiger partial charge in [-0.3, -0.25) is 9.78 Å². The number of rotatable bonds is 5. The van der Waals surface area contributed by atoms with Gasteiger partial charge in [0, 0.05) is 23.2 Å². The van der Waals surface area contributed by atoms with Crippen LogP contribution in [0.4, 0.5) is 28.0 Å². The molecule has 2 aromatic rings. The van der Waals surface area contributed by atoms with E-state index in [9.17, 15) is 27.2 Å². The fourth-order valence-corrected chi connectivity index (χ4v) is 5.55. The van der Waals surface area contributed by atoms with Gasteiger partial charge in [-0.1, -0.05) is 11.6 Å². The van der Waals surface area contributed by atoms with Gasteiger partial charge in [-0.2, -0.15) is 18.4 Å². The number of aromatic nitrogens is 1. The second-order valence-corrected chi connectivity index (χ2v) is 9.07. The number of imide groups is 1. The lowest BCUT2D eigenvalue weighted by molar-refractivity contribution is -0.137. The quantitative estimate of drug-likeness (QED) is 0.503. The highest BCUT2D eigenvalue weighted by atomic mass is 35.5. The van der Waals surface area contributed by atoms with Gasteiger partial charge in [0.2, 0.25) is 0 Å². The number of halogens is 5. The molecule has 2 unspecified atom stereocenters. The van der Waals surface area contributed by atoms with Crippen molar-refractivity contribution in [3.8, 4) is 11.8 Å². The van der Waals surface area contributed by atoms with Crippen molar-refractivity contribution in [1.82, 2.24) is 9.88 Å². The zero-order valence-corrected chi connectivity index (χ0v) is 19.4. The fraction of sp³-hybridized carbons (Fsp3) is 0.273. The van der Waals surface area contributed by atoms with Crippen molar-refractivity contribution in [3.63, 3.8) is 0 Å². The van der Waals surface area contributed by atoms with Crippen LogP contribution in [0.25, 0.3) is 4.91 Å². The number of pyridine rings is 1. The predicted molar refractivity (Wildman–Crippen MR) is 120 cm³/mol. The van der Waals surface area contributed by atoms with Gasteiger partial charge in [-0.25, -0.2) is 14.1 Å². The first-order valence-corrected chi connectivity index (χ1v) is 11.3. The number of carbonyl (C=O) groups excluding carboxylic acids is 2. The maximum atomic E-state index is 14.0. The minimum Gasteiger partial charge on any atom is -0.494 e. The van der Waals surface area contributed by atoms with Gasteiger partial charge < -0.3 is 9.64 Å². The van der Waals surface area contributed by atoms with Crippen molar-refractivity contribution in [2.24, 2.45) is 0 Å². The van der Waals surface area contributed by atoms with Crippen LogP contribution in [-0.2, 0) is 11.0 Å². The van der Waals surface area contributed by atoms with Gasteiger partial charge >= 0.3 is 12.2 Å². The molecule has 13 heteroatoms. The number of nitriles is 1. The predicted octanol–water partition coefficient (Wildman–Crippen LogP) is 5.11. The Kier molecular flexibility index (Phi) is 6.66. The highest BCUT2D eigenvalue weighted by molar-refractivity contribution is 8.09. The lowest BCUT2D eigenvalue weighted by Crippen LogP contribution is -2.62. The first-order chi connectivity index (χ1) is 16.6. The number of carbonyl (C=O) groups is 2. The van der Waals surface area contributed by atoms with Crippen LogP contribution >= 0.6 is 23.4 Å². The number of alkyl halides is 3. The lowest BCUT2D eigenvalue weighted by Gasteiger charge is -2.41. The molecule has 0 spiro atoms. The molecule has 1 aromatic heterocycles. The third-order valence-electron chi connectivity index (χ3n) is 5.46. The second-order valence-electron chi connectivity index (χ2n) is 7.47. The van der Waals surface area contributed by atoms with Gasteiger partial charge in [0.05, 0.1) is 48.1 Å². The molecule has 1 aromatic carbocycles. The molecular weight excluding hydrogens is 512 g/mol. The Balaban J connectivity index is 1.79. The summed E-state index contributed by atoms with van der Waals surface area (Å²) in [6.07, 6.45) is -1.69. The maximum Gasteiger partial charge on any atom is 0.418 e. The molecule has 2 aliphatic rings. The number of urea groups is 1. The second kappa shape index (κ2) is 9.39. The summed E-state index contributed by atoms with van der Waals surface area (Å²) in [5.74, 6) is -1.68. The summed E-state index contributed by atoms with van der Waals surface area (Å²) in [6, 6.07) is 3.07. The number of methoxy groups -OCH3 is 1. The molecule has 0 N–H and O–H groups in total. The van der Waals surface area contributed by atoms with Gasteiger partial charge in [-0.15, -0.1) is 11.8 Å². The average molecular weight is 527 g/mol. The van der Waals surface area contributed by atoms with Gasteiger partial charge in [-0.05, 0) is 24.3 Å². The summed E-state index contributed by atoms with van der Waals surface area (Å²) in [4.78, 5) is 32.4. The molecule has 0 aliphatic carbocycles. The van der Waals surface area contributed by atoms with Crippen LogP contribution in [-0.4, -0.2) is 46.8 Å². The van der Waals surface area contributed by atoms with Crippen molar-refractivity contribution >= 4 is 45.9 Å². The molecule has 2 atom stereocenters. The van der Waals surface area contributed by atoms with Crippen LogP contribution in [0.5, 0.6) is 5.75 Å². The van der Waals surface area contributed by atoms with Crippen molar-refractivity contribution in [2.75, 3.05) is 18.6 Å². The SMILES string of the molecule is COc1cc(C2=CC3C(S2)C(=O)N(c2cnccc2C(F)(F)F)C(=O)N3CCC#N)c(Cl)cc1F. The van der Waals surface area contributed by atoms with Crippen molar-refractivity contribution < 1.29 is 31.9 Å². The van der Waals surface area contributed by atoms with Crippen LogP contribution in [0.3, 0.4) is 0 Å². The molecule has 182 valence electrons. The van der Waals surface area contributed by atoms with Crippen molar-refractivity contribution in [2.45, 2.75) is 23.9 Å². The van der Waals surface area contributed by atoms with E-state index in [1.54, 1.807) is 6.08 Å². The van der Waals surface area contributed by atoms with Gasteiger partial charge in [0.1, 0.15) is 5.25 Å². The number of hydrogen-bond acceptors (Lipinski definition) is 6. The smallest absolute Gasteiger partial charge is 0.418 e. The molecule has 1 saturated heterocycles. The van der Waals surface area contributed by atoms with E-state index in [2.05, 4.69) is 4.98 Å². The summed E-state index contributed by atoms with van der Waals surface area (Å²) in [5.41, 5.74) is -1.57. The van der Waals surface area contributed by atoms with Crippen molar-refractivity contribution in [3.05, 3.63) is 58.6 Å². The van der Waals surface area contributed by atoms with Gasteiger partial charge in [0.25, 0.3) is 5.91 Å². The van der Waals surface area contributed by atoms with E-state index in [1.807, 2.05) is 6.07 Å². The summed E-state index contributed by atoms with van der Waals surface area (Å²) in [6.45, 7) is -0.132. The normalized spacial score (nSPS) is 20.0. The number of anilines is 1. The first-order valence-electron chi connectivity index (χ1n) is 10.0. The Morgan fingerprint density at radius 2 is 2.06 bits per heavy atom. The lowest BCUT2D eigenvalue weighted by atomic mass is 10.0. The van der Waals surface area contributed by atoms with E-state index < -0.39 is 46.5 Å².